The Morgan fingerprint density at radius 2 is 1.93 bits per heavy atom. The van der Waals surface area contributed by atoms with Crippen LogP contribution in [0.4, 0.5) is 5.82 Å². The lowest BCUT2D eigenvalue weighted by molar-refractivity contribution is 0.246. The molecule has 29 heavy (non-hydrogen) atoms. The van der Waals surface area contributed by atoms with Crippen molar-refractivity contribution in [2.24, 2.45) is 0 Å². The summed E-state index contributed by atoms with van der Waals surface area (Å²) in [7, 11) is 2.13. The average Bonchev–Trinajstić information content (AvgIpc) is 3.12. The van der Waals surface area contributed by atoms with E-state index < -0.39 is 0 Å². The second-order valence-electron chi connectivity index (χ2n) is 7.81. The van der Waals surface area contributed by atoms with Gasteiger partial charge in [-0.05, 0) is 19.0 Å². The third-order valence-corrected chi connectivity index (χ3v) is 7.05. The van der Waals surface area contributed by atoms with E-state index in [1.54, 1.807) is 34.6 Å². The van der Waals surface area contributed by atoms with Crippen molar-refractivity contribution < 1.29 is 0 Å². The molecule has 2 aliphatic heterocycles. The predicted octanol–water partition coefficient (Wildman–Crippen LogP) is 1.06. The Morgan fingerprint density at radius 3 is 2.72 bits per heavy atom. The van der Waals surface area contributed by atoms with Crippen LogP contribution >= 0.6 is 11.3 Å². The van der Waals surface area contributed by atoms with Gasteiger partial charge in [0.2, 0.25) is 0 Å². The van der Waals surface area contributed by atoms with Gasteiger partial charge in [0.25, 0.3) is 5.56 Å². The molecule has 0 atom stereocenters. The number of aromatic nitrogens is 4. The molecule has 0 unspecified atom stereocenters. The van der Waals surface area contributed by atoms with Crippen LogP contribution in [0, 0.1) is 0 Å². The fourth-order valence-electron chi connectivity index (χ4n) is 4.21. The summed E-state index contributed by atoms with van der Waals surface area (Å²) in [5, 5.41) is 0.855. The molecule has 1 saturated heterocycles. The molecule has 0 N–H and O–H groups in total. The summed E-state index contributed by atoms with van der Waals surface area (Å²) < 4.78 is 1.79. The maximum Gasteiger partial charge on any atom is 0.262 e. The molecular formula is C20H25N7OS. The van der Waals surface area contributed by atoms with E-state index in [2.05, 4.69) is 36.7 Å². The van der Waals surface area contributed by atoms with E-state index in [1.807, 2.05) is 6.20 Å². The first kappa shape index (κ1) is 18.7. The molecule has 8 nitrogen and oxygen atoms in total. The van der Waals surface area contributed by atoms with Crippen molar-refractivity contribution in [2.75, 3.05) is 51.2 Å². The van der Waals surface area contributed by atoms with Gasteiger partial charge in [0.1, 0.15) is 10.6 Å². The average molecular weight is 412 g/mol. The highest BCUT2D eigenvalue weighted by Crippen LogP contribution is 2.31. The monoisotopic (exact) mass is 411 g/mol. The lowest BCUT2D eigenvalue weighted by Gasteiger charge is -2.35. The van der Waals surface area contributed by atoms with Crippen molar-refractivity contribution in [3.05, 3.63) is 45.7 Å². The van der Waals surface area contributed by atoms with Gasteiger partial charge < -0.3 is 9.80 Å². The van der Waals surface area contributed by atoms with E-state index in [-0.39, 0.29) is 5.56 Å². The Hall–Kier alpha value is -2.36. The molecule has 2 aliphatic rings. The van der Waals surface area contributed by atoms with Crippen molar-refractivity contribution in [1.29, 1.82) is 0 Å². The molecule has 3 aromatic heterocycles. The van der Waals surface area contributed by atoms with Crippen LogP contribution < -0.4 is 10.5 Å². The maximum atomic E-state index is 13.1. The molecule has 0 bridgehead atoms. The van der Waals surface area contributed by atoms with Gasteiger partial charge in [-0.25, -0.2) is 9.97 Å². The number of anilines is 1. The molecule has 0 spiro atoms. The molecule has 0 radical (unpaired) electrons. The van der Waals surface area contributed by atoms with Crippen molar-refractivity contribution >= 4 is 27.4 Å². The predicted molar refractivity (Wildman–Crippen MR) is 115 cm³/mol. The number of hydrogen-bond acceptors (Lipinski definition) is 8. The number of fused-ring (bicyclic) bond motifs is 3. The minimum Gasteiger partial charge on any atom is -0.353 e. The third-order valence-electron chi connectivity index (χ3n) is 5.92. The quantitative estimate of drug-likeness (QED) is 0.636. The summed E-state index contributed by atoms with van der Waals surface area (Å²) >= 11 is 1.68. The Morgan fingerprint density at radius 1 is 1.07 bits per heavy atom. The summed E-state index contributed by atoms with van der Waals surface area (Å²) in [6.07, 6.45) is 7.92. The van der Waals surface area contributed by atoms with Crippen molar-refractivity contribution in [3.63, 3.8) is 0 Å². The maximum absolute atomic E-state index is 13.1. The van der Waals surface area contributed by atoms with Gasteiger partial charge in [0.05, 0.1) is 17.9 Å². The molecular weight excluding hydrogens is 386 g/mol. The molecule has 3 aromatic rings. The standard InChI is InChI=1S/C20H25N7OS/c1-24-5-2-15-16(13-24)29-19-18(15)20(28)27(14-23-19)11-8-25-6-9-26(10-7-25)17-12-21-3-4-22-17/h3-4,12,14H,2,5-11,13H2,1H3. The largest absolute Gasteiger partial charge is 0.353 e. The summed E-state index contributed by atoms with van der Waals surface area (Å²) in [5.41, 5.74) is 1.35. The normalized spacial score (nSPS) is 18.3. The highest BCUT2D eigenvalue weighted by atomic mass is 32.1. The van der Waals surface area contributed by atoms with Crippen molar-refractivity contribution in [3.8, 4) is 0 Å². The molecule has 1 fully saturated rings. The number of likely N-dealkylation sites (N-methyl/N-ethyl adjacent to an activating group) is 1. The zero-order valence-electron chi connectivity index (χ0n) is 16.6. The minimum atomic E-state index is 0.121. The molecule has 5 rings (SSSR count). The zero-order valence-corrected chi connectivity index (χ0v) is 17.4. The van der Waals surface area contributed by atoms with Crippen LogP contribution in [0.25, 0.3) is 10.2 Å². The lowest BCUT2D eigenvalue weighted by Crippen LogP contribution is -2.47. The number of piperazine rings is 1. The number of thiophene rings is 1. The second kappa shape index (κ2) is 7.81. The summed E-state index contributed by atoms with van der Waals surface area (Å²) in [6.45, 7) is 7.23. The van der Waals surface area contributed by atoms with Crippen LogP contribution in [0.3, 0.4) is 0 Å². The molecule has 0 aromatic carbocycles. The number of nitrogens with zero attached hydrogens (tertiary/aromatic N) is 7. The van der Waals surface area contributed by atoms with Crippen molar-refractivity contribution in [1.82, 2.24) is 29.3 Å². The van der Waals surface area contributed by atoms with E-state index in [1.165, 1.54) is 10.4 Å². The first-order chi connectivity index (χ1) is 14.2. The van der Waals surface area contributed by atoms with Crippen LogP contribution in [0.5, 0.6) is 0 Å². The molecule has 152 valence electrons. The second-order valence-corrected chi connectivity index (χ2v) is 8.89. The molecule has 0 aliphatic carbocycles. The van der Waals surface area contributed by atoms with Crippen molar-refractivity contribution in [2.45, 2.75) is 19.5 Å². The van der Waals surface area contributed by atoms with Gasteiger partial charge in [-0.15, -0.1) is 11.3 Å². The number of rotatable bonds is 4. The van der Waals surface area contributed by atoms with Crippen LogP contribution in [0.15, 0.2) is 29.7 Å². The van der Waals surface area contributed by atoms with Gasteiger partial charge in [-0.3, -0.25) is 19.2 Å². The summed E-state index contributed by atoms with van der Waals surface area (Å²) in [6, 6.07) is 0. The van der Waals surface area contributed by atoms with E-state index in [4.69, 9.17) is 0 Å². The zero-order chi connectivity index (χ0) is 19.8. The first-order valence-corrected chi connectivity index (χ1v) is 10.9. The van der Waals surface area contributed by atoms with Crippen LogP contribution in [0.1, 0.15) is 10.4 Å². The van der Waals surface area contributed by atoms with Gasteiger partial charge in [0.15, 0.2) is 0 Å². The highest BCUT2D eigenvalue weighted by molar-refractivity contribution is 7.18. The molecule has 9 heteroatoms. The molecule has 0 saturated carbocycles. The highest BCUT2D eigenvalue weighted by Gasteiger charge is 2.23. The van der Waals surface area contributed by atoms with E-state index in [0.29, 0.717) is 6.54 Å². The molecule has 0 amide bonds. The Kier molecular flexibility index (Phi) is 5.03. The van der Waals surface area contributed by atoms with E-state index in [0.717, 1.165) is 68.3 Å². The van der Waals surface area contributed by atoms with Crippen LogP contribution in [-0.4, -0.2) is 75.6 Å². The molecule has 5 heterocycles. The lowest BCUT2D eigenvalue weighted by atomic mass is 10.1. The Labute approximate surface area is 173 Å². The Bertz CT molecular complexity index is 1060. The summed E-state index contributed by atoms with van der Waals surface area (Å²) in [5.74, 6) is 0.936. The topological polar surface area (TPSA) is 70.4 Å². The van der Waals surface area contributed by atoms with Crippen LogP contribution in [-0.2, 0) is 19.5 Å². The van der Waals surface area contributed by atoms with Gasteiger partial charge in [-0.2, -0.15) is 0 Å². The smallest absolute Gasteiger partial charge is 0.262 e. The summed E-state index contributed by atoms with van der Waals surface area (Å²) in [4.78, 5) is 35.4. The fraction of sp³-hybridized carbons (Fsp3) is 0.500. The van der Waals surface area contributed by atoms with Gasteiger partial charge in [0, 0.05) is 69.6 Å². The third kappa shape index (κ3) is 3.65. The van der Waals surface area contributed by atoms with Crippen LogP contribution in [0.2, 0.25) is 0 Å². The fourth-order valence-corrected chi connectivity index (χ4v) is 5.47. The van der Waals surface area contributed by atoms with Gasteiger partial charge >= 0.3 is 0 Å². The Balaban J connectivity index is 1.26. The number of hydrogen-bond donors (Lipinski definition) is 0. The van der Waals surface area contributed by atoms with Gasteiger partial charge in [-0.1, -0.05) is 0 Å². The SMILES string of the molecule is CN1CCc2c(sc3ncn(CCN4CCN(c5cnccn5)CC4)c(=O)c23)C1. The van der Waals surface area contributed by atoms with E-state index in [9.17, 15) is 4.79 Å². The first-order valence-electron chi connectivity index (χ1n) is 10.1. The van der Waals surface area contributed by atoms with E-state index >= 15 is 0 Å². The minimum absolute atomic E-state index is 0.121.